The number of ether oxygens (including phenoxy) is 3. The molecule has 186 valence electrons. The number of carbonyl (C=O) groups excluding carboxylic acids is 1. The van der Waals surface area contributed by atoms with Gasteiger partial charge in [-0.1, -0.05) is 12.1 Å². The number of halogens is 3. The van der Waals surface area contributed by atoms with E-state index in [4.69, 9.17) is 14.2 Å². The summed E-state index contributed by atoms with van der Waals surface area (Å²) >= 11 is 0. The Morgan fingerprint density at radius 2 is 1.51 bits per heavy atom. The molecule has 0 N–H and O–H groups in total. The number of benzene rings is 2. The minimum absolute atomic E-state index is 0.0351. The molecule has 2 aliphatic rings. The maximum atomic E-state index is 13.8. The summed E-state index contributed by atoms with van der Waals surface area (Å²) in [5, 5.41) is 0. The average molecular weight is 510 g/mol. The lowest BCUT2D eigenvalue weighted by molar-refractivity contribution is -0.120. The van der Waals surface area contributed by atoms with E-state index in [2.05, 4.69) is 0 Å². The van der Waals surface area contributed by atoms with Crippen LogP contribution in [0.1, 0.15) is 11.1 Å². The van der Waals surface area contributed by atoms with E-state index in [9.17, 15) is 26.4 Å². The molecule has 0 saturated carbocycles. The fourth-order valence-corrected chi connectivity index (χ4v) is 4.75. The summed E-state index contributed by atoms with van der Waals surface area (Å²) in [6.45, 7) is 0.125. The van der Waals surface area contributed by atoms with Gasteiger partial charge in [0.05, 0.1) is 33.6 Å². The quantitative estimate of drug-likeness (QED) is 0.590. The third-order valence-corrected chi connectivity index (χ3v) is 7.24. The van der Waals surface area contributed by atoms with Gasteiger partial charge >= 0.3 is 15.5 Å². The number of hydrogen-bond donors (Lipinski definition) is 0. The molecule has 35 heavy (non-hydrogen) atoms. The number of alkyl halides is 3. The zero-order chi connectivity index (χ0) is 25.6. The smallest absolute Gasteiger partial charge is 0.497 e. The molecule has 4 rings (SSSR count). The van der Waals surface area contributed by atoms with Gasteiger partial charge in [0.15, 0.2) is 0 Å². The Morgan fingerprint density at radius 1 is 0.914 bits per heavy atom. The van der Waals surface area contributed by atoms with Crippen LogP contribution in [0.4, 0.5) is 18.9 Å². The highest BCUT2D eigenvalue weighted by Crippen LogP contribution is 2.52. The number of fused-ring (bicyclic) bond motifs is 2. The third kappa shape index (κ3) is 3.87. The van der Waals surface area contributed by atoms with Gasteiger partial charge < -0.3 is 19.1 Å². The monoisotopic (exact) mass is 510 g/mol. The highest BCUT2D eigenvalue weighted by molar-refractivity contribution is 7.90. The van der Waals surface area contributed by atoms with E-state index < -0.39 is 26.9 Å². The number of nitrogens with zero attached hydrogens (tertiary/aromatic N) is 2. The van der Waals surface area contributed by atoms with Crippen molar-refractivity contribution in [2.75, 3.05) is 26.2 Å². The fraction of sp³-hybridized carbons (Fsp3) is 0.261. The SMILES string of the molecule is COc1ccc(CN2C(=O)C3(C=CN(S(=O)(=O)C(F)(F)F)C=C3)c3c(OC)cc(OC)cc32)cc1. The van der Waals surface area contributed by atoms with Gasteiger partial charge in [-0.2, -0.15) is 21.6 Å². The molecule has 1 spiro atoms. The summed E-state index contributed by atoms with van der Waals surface area (Å²) in [6.07, 6.45) is 3.71. The Kier molecular flexibility index (Phi) is 5.95. The van der Waals surface area contributed by atoms with Gasteiger partial charge in [-0.15, -0.1) is 0 Å². The minimum atomic E-state index is -5.66. The zero-order valence-corrected chi connectivity index (χ0v) is 19.7. The van der Waals surface area contributed by atoms with Crippen LogP contribution in [0.2, 0.25) is 0 Å². The molecular formula is C23H21F3N2O6S. The first-order chi connectivity index (χ1) is 16.5. The lowest BCUT2D eigenvalue weighted by atomic mass is 9.80. The maximum absolute atomic E-state index is 13.8. The molecule has 0 bridgehead atoms. The molecular weight excluding hydrogens is 489 g/mol. The van der Waals surface area contributed by atoms with Crippen LogP contribution < -0.4 is 19.1 Å². The summed E-state index contributed by atoms with van der Waals surface area (Å²) < 4.78 is 78.9. The van der Waals surface area contributed by atoms with Crippen LogP contribution in [0, 0.1) is 0 Å². The van der Waals surface area contributed by atoms with E-state index in [-0.39, 0.29) is 16.6 Å². The van der Waals surface area contributed by atoms with Crippen LogP contribution in [-0.4, -0.2) is 45.5 Å². The standard InChI is InChI=1S/C23H21F3N2O6S/c1-32-16-6-4-15(5-7-16)14-28-18-12-17(33-2)13-19(34-3)20(18)22(21(28)29)8-10-27(11-9-22)35(30,31)23(24,25)26/h4-13H,14H2,1-3H3. The molecule has 0 radical (unpaired) electrons. The summed E-state index contributed by atoms with van der Waals surface area (Å²) in [4.78, 5) is 15.2. The van der Waals surface area contributed by atoms with Crippen molar-refractivity contribution in [3.05, 3.63) is 72.1 Å². The first-order valence-corrected chi connectivity index (χ1v) is 11.6. The van der Waals surface area contributed by atoms with Crippen LogP contribution in [0.3, 0.4) is 0 Å². The minimum Gasteiger partial charge on any atom is -0.497 e. The van der Waals surface area contributed by atoms with Crippen LogP contribution in [0.15, 0.2) is 61.0 Å². The lowest BCUT2D eigenvalue weighted by Crippen LogP contribution is -2.41. The van der Waals surface area contributed by atoms with Gasteiger partial charge in [0.25, 0.3) is 0 Å². The number of anilines is 1. The first-order valence-electron chi connectivity index (χ1n) is 10.2. The second-order valence-corrected chi connectivity index (χ2v) is 9.58. The maximum Gasteiger partial charge on any atom is 0.517 e. The molecule has 1 amide bonds. The highest BCUT2D eigenvalue weighted by atomic mass is 32.2. The van der Waals surface area contributed by atoms with Crippen molar-refractivity contribution in [2.24, 2.45) is 0 Å². The van der Waals surface area contributed by atoms with E-state index in [1.807, 2.05) is 0 Å². The zero-order valence-electron chi connectivity index (χ0n) is 18.9. The number of rotatable bonds is 6. The number of sulfonamides is 1. The topological polar surface area (TPSA) is 85.4 Å². The number of hydrogen-bond acceptors (Lipinski definition) is 6. The molecule has 0 unspecified atom stereocenters. The van der Waals surface area contributed by atoms with Gasteiger partial charge in [-0.05, 0) is 29.8 Å². The van der Waals surface area contributed by atoms with E-state index in [1.165, 1.54) is 26.2 Å². The van der Waals surface area contributed by atoms with Crippen LogP contribution in [0.5, 0.6) is 17.2 Å². The van der Waals surface area contributed by atoms with Crippen molar-refractivity contribution in [3.63, 3.8) is 0 Å². The molecule has 8 nitrogen and oxygen atoms in total. The third-order valence-electron chi connectivity index (χ3n) is 5.85. The summed E-state index contributed by atoms with van der Waals surface area (Å²) in [6, 6.07) is 10.2. The van der Waals surface area contributed by atoms with Crippen LogP contribution in [-0.2, 0) is 26.8 Å². The van der Waals surface area contributed by atoms with Crippen molar-refractivity contribution in [3.8, 4) is 17.2 Å². The van der Waals surface area contributed by atoms with Crippen molar-refractivity contribution < 1.29 is 40.6 Å². The van der Waals surface area contributed by atoms with E-state index >= 15 is 0 Å². The van der Waals surface area contributed by atoms with Gasteiger partial charge in [-0.3, -0.25) is 4.79 Å². The van der Waals surface area contributed by atoms with Gasteiger partial charge in [-0.25, -0.2) is 4.31 Å². The van der Waals surface area contributed by atoms with Gasteiger partial charge in [0.1, 0.15) is 22.7 Å². The number of amides is 1. The molecule has 12 heteroatoms. The molecule has 0 atom stereocenters. The fourth-order valence-electron chi connectivity index (χ4n) is 4.07. The molecule has 0 aliphatic carbocycles. The van der Waals surface area contributed by atoms with Gasteiger partial charge in [0, 0.05) is 30.1 Å². The van der Waals surface area contributed by atoms with E-state index in [0.29, 0.717) is 22.7 Å². The summed E-state index contributed by atoms with van der Waals surface area (Å²) in [7, 11) is -1.30. The van der Waals surface area contributed by atoms with Crippen molar-refractivity contribution in [2.45, 2.75) is 17.5 Å². The van der Waals surface area contributed by atoms with E-state index in [1.54, 1.807) is 36.4 Å². The first kappa shape index (κ1) is 24.5. The van der Waals surface area contributed by atoms with Crippen molar-refractivity contribution in [1.29, 1.82) is 0 Å². The van der Waals surface area contributed by atoms with Crippen LogP contribution >= 0.6 is 0 Å². The van der Waals surface area contributed by atoms with Crippen molar-refractivity contribution >= 4 is 21.6 Å². The second-order valence-electron chi connectivity index (χ2n) is 7.74. The molecule has 2 heterocycles. The molecule has 0 aromatic heterocycles. The molecule has 2 aromatic rings. The Labute approximate surface area is 199 Å². The molecule has 2 aliphatic heterocycles. The summed E-state index contributed by atoms with van der Waals surface area (Å²) in [5.41, 5.74) is -5.56. The normalized spacial score (nSPS) is 16.6. The lowest BCUT2D eigenvalue weighted by Gasteiger charge is -2.29. The average Bonchev–Trinajstić information content (AvgIpc) is 3.06. The molecule has 2 aromatic carbocycles. The number of methoxy groups -OCH3 is 3. The Morgan fingerprint density at radius 3 is 2.03 bits per heavy atom. The predicted octanol–water partition coefficient (Wildman–Crippen LogP) is 3.69. The van der Waals surface area contributed by atoms with E-state index in [0.717, 1.165) is 30.1 Å². The van der Waals surface area contributed by atoms with Gasteiger partial charge in [0.2, 0.25) is 5.91 Å². The molecule has 0 fully saturated rings. The van der Waals surface area contributed by atoms with Crippen LogP contribution in [0.25, 0.3) is 0 Å². The second kappa shape index (κ2) is 8.52. The Bertz CT molecular complexity index is 1310. The Hall–Kier alpha value is -3.67. The summed E-state index contributed by atoms with van der Waals surface area (Å²) in [5.74, 6) is 0.791. The largest absolute Gasteiger partial charge is 0.517 e. The Balaban J connectivity index is 1.83. The highest BCUT2D eigenvalue weighted by Gasteiger charge is 2.54. The predicted molar refractivity (Wildman–Crippen MR) is 121 cm³/mol. The van der Waals surface area contributed by atoms with Crippen molar-refractivity contribution in [1.82, 2.24) is 4.31 Å². The number of carbonyl (C=O) groups is 1. The molecule has 0 saturated heterocycles.